The first-order valence-corrected chi connectivity index (χ1v) is 13.7. The molecule has 0 unspecified atom stereocenters. The molecule has 1 atom stereocenters. The lowest BCUT2D eigenvalue weighted by atomic mass is 10.0. The lowest BCUT2D eigenvalue weighted by Gasteiger charge is -2.17. The molecule has 0 saturated carbocycles. The van der Waals surface area contributed by atoms with Gasteiger partial charge in [-0.25, -0.2) is 4.98 Å². The van der Waals surface area contributed by atoms with E-state index in [0.29, 0.717) is 39.1 Å². The van der Waals surface area contributed by atoms with Crippen molar-refractivity contribution in [2.75, 3.05) is 5.32 Å². The molecule has 1 heterocycles. The first kappa shape index (κ1) is 26.3. The Labute approximate surface area is 231 Å². The molecule has 0 spiro atoms. The number of nitrogens with one attached hydrogen (secondary N) is 1. The summed E-state index contributed by atoms with van der Waals surface area (Å²) in [6, 6.07) is 31.9. The molecule has 39 heavy (non-hydrogen) atoms. The van der Waals surface area contributed by atoms with Gasteiger partial charge >= 0.3 is 0 Å². The van der Waals surface area contributed by atoms with Crippen LogP contribution in [0, 0.1) is 0 Å². The quantitative estimate of drug-likeness (QED) is 0.165. The van der Waals surface area contributed by atoms with E-state index in [4.69, 9.17) is 9.72 Å². The van der Waals surface area contributed by atoms with E-state index in [2.05, 4.69) is 19.2 Å². The zero-order chi connectivity index (χ0) is 27.4. The molecule has 0 saturated heterocycles. The number of fused-ring (bicyclic) bond motifs is 1. The van der Waals surface area contributed by atoms with Crippen molar-refractivity contribution in [3.05, 3.63) is 119 Å². The Balaban J connectivity index is 1.37. The van der Waals surface area contributed by atoms with Crippen molar-refractivity contribution in [2.45, 2.75) is 37.1 Å². The zero-order valence-electron chi connectivity index (χ0n) is 22.0. The molecule has 0 aliphatic carbocycles. The molecule has 1 amide bonds. The van der Waals surface area contributed by atoms with E-state index in [-0.39, 0.29) is 11.5 Å². The van der Waals surface area contributed by atoms with Crippen LogP contribution in [0.5, 0.6) is 11.5 Å². The predicted molar refractivity (Wildman–Crippen MR) is 158 cm³/mol. The minimum absolute atomic E-state index is 0.165. The number of hydrogen-bond donors (Lipinski definition) is 1. The van der Waals surface area contributed by atoms with Crippen molar-refractivity contribution in [1.82, 2.24) is 9.55 Å². The minimum atomic E-state index is -0.514. The molecule has 0 aliphatic rings. The minimum Gasteiger partial charge on any atom is -0.457 e. The average Bonchev–Trinajstić information content (AvgIpc) is 2.95. The summed E-state index contributed by atoms with van der Waals surface area (Å²) < 4.78 is 7.42. The van der Waals surface area contributed by atoms with Crippen LogP contribution in [0.25, 0.3) is 16.6 Å². The van der Waals surface area contributed by atoms with Crippen LogP contribution >= 0.6 is 11.8 Å². The van der Waals surface area contributed by atoms with Gasteiger partial charge in [0.05, 0.1) is 21.8 Å². The molecule has 0 aliphatic heterocycles. The van der Waals surface area contributed by atoms with Gasteiger partial charge in [0.15, 0.2) is 5.16 Å². The number of ether oxygens (including phenoxy) is 1. The van der Waals surface area contributed by atoms with Crippen LogP contribution in [0.4, 0.5) is 5.69 Å². The van der Waals surface area contributed by atoms with Crippen LogP contribution in [0.1, 0.15) is 32.3 Å². The highest BCUT2D eigenvalue weighted by molar-refractivity contribution is 8.00. The predicted octanol–water partition coefficient (Wildman–Crippen LogP) is 7.42. The molecular formula is C32H29N3O3S. The number of rotatable bonds is 8. The number of nitrogens with zero attached hydrogens (tertiary/aromatic N) is 2. The second kappa shape index (κ2) is 11.6. The molecular weight excluding hydrogens is 506 g/mol. The number of carbonyl (C=O) groups is 1. The molecule has 0 fully saturated rings. The van der Waals surface area contributed by atoms with E-state index in [0.717, 1.165) is 5.75 Å². The molecule has 1 aromatic heterocycles. The highest BCUT2D eigenvalue weighted by Gasteiger charge is 2.21. The maximum Gasteiger partial charge on any atom is 0.266 e. The smallest absolute Gasteiger partial charge is 0.266 e. The Morgan fingerprint density at radius 1 is 0.821 bits per heavy atom. The van der Waals surface area contributed by atoms with E-state index >= 15 is 0 Å². The number of carbonyl (C=O) groups excluding carboxylic acids is 1. The molecule has 0 bridgehead atoms. The fourth-order valence-electron chi connectivity index (χ4n) is 4.11. The van der Waals surface area contributed by atoms with Crippen LogP contribution < -0.4 is 15.6 Å². The van der Waals surface area contributed by atoms with Gasteiger partial charge in [0.2, 0.25) is 5.91 Å². The third kappa shape index (κ3) is 6.04. The van der Waals surface area contributed by atoms with E-state index in [9.17, 15) is 9.59 Å². The topological polar surface area (TPSA) is 73.2 Å². The zero-order valence-corrected chi connectivity index (χ0v) is 22.8. The van der Waals surface area contributed by atoms with Gasteiger partial charge in [-0.1, -0.05) is 68.1 Å². The molecule has 4 aromatic carbocycles. The fraction of sp³-hybridized carbons (Fsp3) is 0.156. The van der Waals surface area contributed by atoms with Crippen LogP contribution in [0.3, 0.4) is 0 Å². The van der Waals surface area contributed by atoms with Gasteiger partial charge in [0, 0.05) is 5.69 Å². The van der Waals surface area contributed by atoms with Crippen molar-refractivity contribution in [3.8, 4) is 17.2 Å². The largest absolute Gasteiger partial charge is 0.457 e. The molecule has 7 heteroatoms. The standard InChI is InChI=1S/C32H29N3O3S/c1-21(2)23-13-17-25(18-14-23)35-31(37)28-11-7-8-12-29(28)34-32(35)39-22(3)30(36)33-24-15-19-27(20-16-24)38-26-9-5-4-6-10-26/h4-22H,1-3H3,(H,33,36)/t22-/m1/s1. The summed E-state index contributed by atoms with van der Waals surface area (Å²) >= 11 is 1.25. The molecule has 5 aromatic rings. The highest BCUT2D eigenvalue weighted by atomic mass is 32.2. The fourth-order valence-corrected chi connectivity index (χ4v) is 5.04. The van der Waals surface area contributed by atoms with Gasteiger partial charge in [-0.2, -0.15) is 0 Å². The maximum absolute atomic E-state index is 13.6. The monoisotopic (exact) mass is 535 g/mol. The number of benzene rings is 4. The number of aromatic nitrogens is 2. The molecule has 6 nitrogen and oxygen atoms in total. The van der Waals surface area contributed by atoms with Gasteiger partial charge in [-0.15, -0.1) is 0 Å². The van der Waals surface area contributed by atoms with Crippen molar-refractivity contribution < 1.29 is 9.53 Å². The summed E-state index contributed by atoms with van der Waals surface area (Å²) in [6.45, 7) is 6.06. The van der Waals surface area contributed by atoms with Crippen LogP contribution in [0.2, 0.25) is 0 Å². The summed E-state index contributed by atoms with van der Waals surface area (Å²) in [5.41, 5.74) is 2.99. The summed E-state index contributed by atoms with van der Waals surface area (Å²) in [5, 5.41) is 3.43. The Bertz CT molecular complexity index is 1650. The van der Waals surface area contributed by atoms with E-state index in [1.807, 2.05) is 84.9 Å². The number of thioether (sulfide) groups is 1. The van der Waals surface area contributed by atoms with E-state index in [1.54, 1.807) is 29.7 Å². The number of hydrogen-bond acceptors (Lipinski definition) is 5. The normalized spacial score (nSPS) is 11.9. The highest BCUT2D eigenvalue weighted by Crippen LogP contribution is 2.28. The van der Waals surface area contributed by atoms with Crippen molar-refractivity contribution >= 4 is 34.3 Å². The van der Waals surface area contributed by atoms with Gasteiger partial charge < -0.3 is 10.1 Å². The lowest BCUT2D eigenvalue weighted by Crippen LogP contribution is -2.26. The number of amides is 1. The van der Waals surface area contributed by atoms with Gasteiger partial charge in [0.25, 0.3) is 5.56 Å². The van der Waals surface area contributed by atoms with E-state index in [1.165, 1.54) is 17.3 Å². The van der Waals surface area contributed by atoms with Crippen molar-refractivity contribution in [3.63, 3.8) is 0 Å². The van der Waals surface area contributed by atoms with Crippen molar-refractivity contribution in [1.29, 1.82) is 0 Å². The Morgan fingerprint density at radius 2 is 1.46 bits per heavy atom. The van der Waals surface area contributed by atoms with Crippen LogP contribution in [0.15, 0.2) is 113 Å². The lowest BCUT2D eigenvalue weighted by molar-refractivity contribution is -0.115. The molecule has 5 rings (SSSR count). The molecule has 196 valence electrons. The van der Waals surface area contributed by atoms with E-state index < -0.39 is 5.25 Å². The first-order chi connectivity index (χ1) is 18.9. The third-order valence-electron chi connectivity index (χ3n) is 6.32. The Kier molecular flexibility index (Phi) is 7.79. The maximum atomic E-state index is 13.6. The van der Waals surface area contributed by atoms with Crippen LogP contribution in [-0.4, -0.2) is 20.7 Å². The first-order valence-electron chi connectivity index (χ1n) is 12.8. The van der Waals surface area contributed by atoms with Crippen LogP contribution in [-0.2, 0) is 4.79 Å². The third-order valence-corrected chi connectivity index (χ3v) is 7.37. The number of para-hydroxylation sites is 2. The summed E-state index contributed by atoms with van der Waals surface area (Å²) in [4.78, 5) is 31.5. The number of anilines is 1. The average molecular weight is 536 g/mol. The van der Waals surface area contributed by atoms with Gasteiger partial charge in [-0.3, -0.25) is 14.2 Å². The second-order valence-corrected chi connectivity index (χ2v) is 10.8. The van der Waals surface area contributed by atoms with Crippen molar-refractivity contribution in [2.24, 2.45) is 0 Å². The summed E-state index contributed by atoms with van der Waals surface area (Å²) in [6.07, 6.45) is 0. The Hall–Kier alpha value is -4.36. The Morgan fingerprint density at radius 3 is 2.15 bits per heavy atom. The molecule has 0 radical (unpaired) electrons. The second-order valence-electron chi connectivity index (χ2n) is 9.49. The van der Waals surface area contributed by atoms with Gasteiger partial charge in [-0.05, 0) is 79.1 Å². The molecule has 1 N–H and O–H groups in total. The summed E-state index contributed by atoms with van der Waals surface area (Å²) in [7, 11) is 0. The SMILES string of the molecule is CC(C)c1ccc(-n2c(S[C@H](C)C(=O)Nc3ccc(Oc4ccccc4)cc3)nc3ccccc3c2=O)cc1. The van der Waals surface area contributed by atoms with Gasteiger partial charge in [0.1, 0.15) is 11.5 Å². The summed E-state index contributed by atoms with van der Waals surface area (Å²) in [5.74, 6) is 1.60.